The second kappa shape index (κ2) is 23.0. The molecule has 0 bridgehead atoms. The van der Waals surface area contributed by atoms with E-state index in [9.17, 15) is 40.2 Å². The molecule has 3 aliphatic rings. The lowest BCUT2D eigenvalue weighted by molar-refractivity contribution is -0.0353. The van der Waals surface area contributed by atoms with Crippen molar-refractivity contribution in [1.29, 1.82) is 0 Å². The third-order valence-corrected chi connectivity index (χ3v) is 17.9. The predicted octanol–water partition coefficient (Wildman–Crippen LogP) is 2.04. The highest BCUT2D eigenvalue weighted by Crippen LogP contribution is 2.43. The summed E-state index contributed by atoms with van der Waals surface area (Å²) >= 11 is 5.22. The number of aliphatic hydroxyl groups excluding tert-OH is 6. The van der Waals surface area contributed by atoms with Gasteiger partial charge >= 0.3 is 0 Å². The summed E-state index contributed by atoms with van der Waals surface area (Å²) < 4.78 is 24.1. The molecule has 12 atom stereocenters. The number of aromatic amines is 2. The van der Waals surface area contributed by atoms with Gasteiger partial charge in [-0.2, -0.15) is 0 Å². The second-order valence-corrected chi connectivity index (χ2v) is 34.8. The van der Waals surface area contributed by atoms with Crippen molar-refractivity contribution in [2.45, 2.75) is 121 Å². The number of hydrogen-bond donors (Lipinski definition) is 9. The molecule has 3 fully saturated rings. The zero-order chi connectivity index (χ0) is 54.7. The molecule has 0 aliphatic carbocycles. The van der Waals surface area contributed by atoms with Gasteiger partial charge in [0.05, 0.1) is 31.0 Å². The first-order valence-electron chi connectivity index (χ1n) is 24.0. The Morgan fingerprint density at radius 1 is 0.627 bits per heavy atom. The van der Waals surface area contributed by atoms with E-state index in [4.69, 9.17) is 32.2 Å². The zero-order valence-corrected chi connectivity index (χ0v) is 47.0. The molecule has 0 aromatic carbocycles. The molecule has 0 radical (unpaired) electrons. The van der Waals surface area contributed by atoms with Crippen LogP contribution in [0.1, 0.15) is 62.8 Å². The van der Waals surface area contributed by atoms with Crippen molar-refractivity contribution in [3.63, 3.8) is 0 Å². The maximum atomic E-state index is 12.3. The van der Waals surface area contributed by atoms with Crippen LogP contribution in [0.2, 0.25) is 0 Å². The van der Waals surface area contributed by atoms with Crippen molar-refractivity contribution >= 4 is 91.2 Å². The molecule has 9 heterocycles. The molecule has 75 heavy (non-hydrogen) atoms. The quantitative estimate of drug-likeness (QED) is 0.0625. The summed E-state index contributed by atoms with van der Waals surface area (Å²) in [5, 5.41) is 62.4. The summed E-state index contributed by atoms with van der Waals surface area (Å²) in [6, 6.07) is 0. The monoisotopic (exact) mass is 1120 g/mol. The van der Waals surface area contributed by atoms with Crippen molar-refractivity contribution in [2.75, 3.05) is 64.2 Å². The summed E-state index contributed by atoms with van der Waals surface area (Å²) in [5.74, 6) is 1.59. The number of aromatic nitrogens is 12. The van der Waals surface area contributed by atoms with Crippen LogP contribution in [-0.2, 0) is 21.3 Å². The van der Waals surface area contributed by atoms with E-state index in [1.807, 2.05) is 0 Å². The summed E-state index contributed by atoms with van der Waals surface area (Å²) in [4.78, 5) is 55.2. The number of nitrogen functional groups attached to an aromatic ring is 1. The van der Waals surface area contributed by atoms with Gasteiger partial charge in [0.2, 0.25) is 5.95 Å². The number of aliphatic hydroxyl groups is 6. The molecule has 10 N–H and O–H groups in total. The molecule has 6 aromatic heterocycles. The highest BCUT2D eigenvalue weighted by Gasteiger charge is 2.47. The average molecular weight is 1120 g/mol. The van der Waals surface area contributed by atoms with Gasteiger partial charge in [-0.15, -0.1) is 39.6 Å². The van der Waals surface area contributed by atoms with Crippen LogP contribution in [0.25, 0.3) is 33.5 Å². The van der Waals surface area contributed by atoms with Gasteiger partial charge in [-0.25, -0.2) is 29.9 Å². The van der Waals surface area contributed by atoms with Crippen molar-refractivity contribution < 1.29 is 44.8 Å². The normalized spacial score (nSPS) is 27.1. The van der Waals surface area contributed by atoms with Crippen LogP contribution in [0.3, 0.4) is 0 Å². The van der Waals surface area contributed by atoms with Crippen molar-refractivity contribution in [3.8, 4) is 0 Å². The molecular formula is C47H76N13O11P3S. The molecule has 416 valence electrons. The Balaban J connectivity index is 0.000000182. The first-order chi connectivity index (χ1) is 34.3. The van der Waals surface area contributed by atoms with Gasteiger partial charge in [0.25, 0.3) is 11.1 Å². The third kappa shape index (κ3) is 13.2. The minimum Gasteiger partial charge on any atom is -0.388 e. The lowest BCUT2D eigenvalue weighted by atomic mass is 10.1. The Hall–Kier alpha value is -4.19. The van der Waals surface area contributed by atoms with Crippen molar-refractivity contribution in [2.24, 2.45) is 7.05 Å². The number of nitrogens with zero attached hydrogens (tertiary/aromatic N) is 10. The Labute approximate surface area is 440 Å². The molecule has 0 amide bonds. The summed E-state index contributed by atoms with van der Waals surface area (Å²) in [5.41, 5.74) is 7.30. The number of imidazole rings is 3. The van der Waals surface area contributed by atoms with Crippen molar-refractivity contribution in [1.82, 2.24) is 58.1 Å². The fraction of sp³-hybridized carbons (Fsp3) is 0.617. The highest BCUT2D eigenvalue weighted by molar-refractivity contribution is 7.73. The van der Waals surface area contributed by atoms with Crippen LogP contribution in [0.5, 0.6) is 0 Å². The highest BCUT2D eigenvalue weighted by atomic mass is 32.1. The minimum absolute atomic E-state index is 0. The van der Waals surface area contributed by atoms with Crippen LogP contribution >= 0.6 is 32.9 Å². The van der Waals surface area contributed by atoms with Crippen LogP contribution in [-0.4, -0.2) is 221 Å². The number of anilines is 1. The van der Waals surface area contributed by atoms with Gasteiger partial charge < -0.3 is 60.6 Å². The van der Waals surface area contributed by atoms with Crippen molar-refractivity contribution in [3.05, 3.63) is 55.5 Å². The molecule has 0 unspecified atom stereocenters. The number of nitrogens with two attached hydrogens (primary N) is 1. The van der Waals surface area contributed by atoms with E-state index in [1.165, 1.54) is 20.0 Å². The van der Waals surface area contributed by atoms with Gasteiger partial charge in [-0.1, -0.05) is 19.6 Å². The number of aryl methyl sites for hydroxylation is 3. The van der Waals surface area contributed by atoms with E-state index in [2.05, 4.69) is 98.8 Å². The lowest BCUT2D eigenvalue weighted by Gasteiger charge is -2.19. The smallest absolute Gasteiger partial charge is 0.281 e. The van der Waals surface area contributed by atoms with Gasteiger partial charge in [-0.3, -0.25) is 27.9 Å². The number of hydrogen-bond acceptors (Lipinski definition) is 19. The predicted molar refractivity (Wildman–Crippen MR) is 303 cm³/mol. The van der Waals surface area contributed by atoms with Crippen LogP contribution in [0.15, 0.2) is 22.2 Å². The van der Waals surface area contributed by atoms with E-state index in [0.29, 0.717) is 58.2 Å². The fourth-order valence-electron chi connectivity index (χ4n) is 8.94. The van der Waals surface area contributed by atoms with E-state index < -0.39 is 99.8 Å². The number of nitrogens with one attached hydrogen (secondary N) is 2. The van der Waals surface area contributed by atoms with Crippen LogP contribution in [0.4, 0.5) is 5.95 Å². The van der Waals surface area contributed by atoms with E-state index in [-0.39, 0.29) is 35.6 Å². The Bertz CT molecular complexity index is 3360. The molecule has 3 aliphatic heterocycles. The summed E-state index contributed by atoms with van der Waals surface area (Å²) in [6.45, 7) is 14.1. The molecular weight excluding hydrogens is 1050 g/mol. The number of rotatable bonds is 12. The topological polar surface area (TPSA) is 338 Å². The maximum Gasteiger partial charge on any atom is 0.281 e. The van der Waals surface area contributed by atoms with Crippen LogP contribution in [0, 0.1) is 25.4 Å². The Kier molecular flexibility index (Phi) is 18.4. The second-order valence-electron chi connectivity index (χ2n) is 21.5. The van der Waals surface area contributed by atoms with Crippen LogP contribution < -0.4 is 16.9 Å². The Morgan fingerprint density at radius 3 is 1.57 bits per heavy atom. The Morgan fingerprint density at radius 2 is 1.07 bits per heavy atom. The molecule has 24 nitrogen and oxygen atoms in total. The molecule has 0 saturated carbocycles. The minimum atomic E-state index is -1.28. The van der Waals surface area contributed by atoms with E-state index >= 15 is 0 Å². The first-order valence-corrected chi connectivity index (χ1v) is 33.6. The maximum absolute atomic E-state index is 12.3. The number of ether oxygens (including phenoxy) is 3. The third-order valence-electron chi connectivity index (χ3n) is 13.2. The van der Waals surface area contributed by atoms with Gasteiger partial charge in [0.1, 0.15) is 65.3 Å². The zero-order valence-electron chi connectivity index (χ0n) is 43.5. The molecule has 3 saturated heterocycles. The molecule has 6 aromatic rings. The number of fused-ring (bicyclic) bond motifs is 3. The van der Waals surface area contributed by atoms with Gasteiger partial charge in [-0.05, 0) is 98.5 Å². The SMILES string of the molecule is C.C=P(C)(C)CC[C@H]1O[C@@H](n2c(N)nc3c(=O)[nH]c(C)nc32)[C@H](O)[C@@H]1O.C=P(C)(C)CC[C@H]1O[C@@H](n2cnc3c(=O)n(C)c(C)nc32)[C@H](O)[C@@H]1O.C=P(C)(C)CC[C@H]1O[C@@H](n2cnc3c(=S)nc(C)[nH]c32)[C@H](O)[C@@H]1O. The van der Waals surface area contributed by atoms with E-state index in [0.717, 1.165) is 18.5 Å². The fourth-order valence-corrected chi connectivity index (χ4v) is 12.1. The molecule has 0 spiro atoms. The standard InChI is InChI=1S/C16H25N4O4P.C15H24N5O4P.C15H23N4O3PS.CH4/c1-9-18-14-11(15(23)19(9)2)17-8-20(14)16-13(22)12(21)10(24-16)6-7-25(3,4)5;1-7-17-12-9(13(23)18-7)19-15(16)20(12)14-11(22)10(21)8(24-14)5-6-25(2,3)4;1-8-17-13-10(14(24)18-8)16-7-19(13)15-12(21)11(20)9(22-15)5-6-23(2,3)4;/h8,10,12-13,16,21-22H,3,6-7H2,1-2,4-5H3;8,10-11,14,21-22H,2,5-6H2,1,3-4H3,(H2,16,19)(H,17,18,23);7,9,11-12,15,20-21H,2,5-6H2,1,3-4H3,(H,17,18,24);1H4/t10-,12-,13-,16-;8-,10-,11-,14-;9-,11-,12-,15-;/m111./s1. The summed E-state index contributed by atoms with van der Waals surface area (Å²) in [6.07, 6.45) is 9.65. The lowest BCUT2D eigenvalue weighted by Crippen LogP contribution is -2.32. The van der Waals surface area contributed by atoms with Gasteiger partial charge in [0.15, 0.2) is 45.7 Å². The molecule has 28 heteroatoms. The molecule has 9 rings (SSSR count). The first kappa shape index (κ1) is 60.0. The largest absolute Gasteiger partial charge is 0.388 e. The summed E-state index contributed by atoms with van der Waals surface area (Å²) in [7, 11) is 1.63. The number of H-pyrrole nitrogens is 2. The van der Waals surface area contributed by atoms with E-state index in [1.54, 1.807) is 38.7 Å². The average Bonchev–Trinajstić information content (AvgIpc) is 4.14. The van der Waals surface area contributed by atoms with Gasteiger partial charge in [0, 0.05) is 7.05 Å².